The summed E-state index contributed by atoms with van der Waals surface area (Å²) in [6, 6.07) is 12.3. The van der Waals surface area contributed by atoms with Crippen LogP contribution in [0.4, 0.5) is 10.1 Å². The van der Waals surface area contributed by atoms with Crippen LogP contribution in [0.15, 0.2) is 59.4 Å². The van der Waals surface area contributed by atoms with Gasteiger partial charge in [-0.3, -0.25) is 15.0 Å². The van der Waals surface area contributed by atoms with E-state index in [1.54, 1.807) is 35.3 Å². The predicted octanol–water partition coefficient (Wildman–Crippen LogP) is 3.88. The number of hydrogen-bond acceptors (Lipinski definition) is 8. The number of hydrogen-bond donors (Lipinski definition) is 0. The van der Waals surface area contributed by atoms with Gasteiger partial charge in [0, 0.05) is 29.8 Å². The Balaban J connectivity index is 1.24. The Kier molecular flexibility index (Phi) is 5.61. The summed E-state index contributed by atoms with van der Waals surface area (Å²) in [5, 5.41) is 19.4. The van der Waals surface area contributed by atoms with E-state index in [2.05, 4.69) is 25.1 Å². The van der Waals surface area contributed by atoms with Gasteiger partial charge in [0.05, 0.1) is 17.5 Å². The molecule has 0 saturated carbocycles. The van der Waals surface area contributed by atoms with Crippen LogP contribution in [0.2, 0.25) is 0 Å². The summed E-state index contributed by atoms with van der Waals surface area (Å²) < 4.78 is 20.7. The summed E-state index contributed by atoms with van der Waals surface area (Å²) in [5.74, 6) is 1.17. The zero-order valence-electron chi connectivity index (χ0n) is 17.5. The molecule has 0 spiro atoms. The molecule has 1 unspecified atom stereocenters. The third kappa shape index (κ3) is 4.62. The Morgan fingerprint density at radius 1 is 1.15 bits per heavy atom. The van der Waals surface area contributed by atoms with E-state index in [1.807, 2.05) is 0 Å². The number of nitro benzene ring substituents is 1. The van der Waals surface area contributed by atoms with Crippen molar-refractivity contribution in [1.29, 1.82) is 0 Å². The molecular formula is C22H20FN7O3. The lowest BCUT2D eigenvalue weighted by molar-refractivity contribution is -0.384. The number of piperidine rings is 1. The van der Waals surface area contributed by atoms with Gasteiger partial charge in [0.25, 0.3) is 5.69 Å². The fourth-order valence-corrected chi connectivity index (χ4v) is 3.96. The van der Waals surface area contributed by atoms with Crippen molar-refractivity contribution in [3.63, 3.8) is 0 Å². The maximum atomic E-state index is 13.5. The van der Waals surface area contributed by atoms with Crippen LogP contribution >= 0.6 is 0 Å². The molecule has 2 aromatic heterocycles. The largest absolute Gasteiger partial charge is 0.339 e. The van der Waals surface area contributed by atoms with Gasteiger partial charge in [-0.2, -0.15) is 4.98 Å². The van der Waals surface area contributed by atoms with E-state index >= 15 is 0 Å². The minimum atomic E-state index is -0.437. The molecule has 0 radical (unpaired) electrons. The molecule has 11 heteroatoms. The first-order chi connectivity index (χ1) is 16.0. The van der Waals surface area contributed by atoms with Gasteiger partial charge < -0.3 is 4.52 Å². The SMILES string of the molecule is O=[N+]([O-])c1ccc(-c2ncn(CN3CCCC(c4nc(-c5cccc(F)c5)no4)C3)n2)cc1. The maximum absolute atomic E-state index is 13.5. The quantitative estimate of drug-likeness (QED) is 0.322. The third-order valence-corrected chi connectivity index (χ3v) is 5.60. The van der Waals surface area contributed by atoms with E-state index < -0.39 is 4.92 Å². The van der Waals surface area contributed by atoms with Crippen molar-refractivity contribution in [2.24, 2.45) is 0 Å². The van der Waals surface area contributed by atoms with Gasteiger partial charge in [-0.05, 0) is 43.7 Å². The summed E-state index contributed by atoms with van der Waals surface area (Å²) in [6.07, 6.45) is 3.54. The molecule has 4 aromatic rings. The van der Waals surface area contributed by atoms with Crippen LogP contribution in [-0.2, 0) is 6.67 Å². The van der Waals surface area contributed by atoms with E-state index in [4.69, 9.17) is 4.52 Å². The molecule has 0 amide bonds. The summed E-state index contributed by atoms with van der Waals surface area (Å²) in [5.41, 5.74) is 1.32. The number of aromatic nitrogens is 5. The average Bonchev–Trinajstić information content (AvgIpc) is 3.50. The van der Waals surface area contributed by atoms with Crippen molar-refractivity contribution < 1.29 is 13.8 Å². The Bertz CT molecular complexity index is 1270. The lowest BCUT2D eigenvalue weighted by atomic mass is 9.98. The highest BCUT2D eigenvalue weighted by atomic mass is 19.1. The summed E-state index contributed by atoms with van der Waals surface area (Å²) >= 11 is 0. The third-order valence-electron chi connectivity index (χ3n) is 5.60. The molecule has 2 aromatic carbocycles. The number of nitro groups is 1. The normalized spacial score (nSPS) is 16.7. The molecule has 1 aliphatic rings. The van der Waals surface area contributed by atoms with Gasteiger partial charge in [0.15, 0.2) is 5.82 Å². The second-order valence-corrected chi connectivity index (χ2v) is 7.94. The van der Waals surface area contributed by atoms with Crippen molar-refractivity contribution >= 4 is 5.69 Å². The van der Waals surface area contributed by atoms with Crippen molar-refractivity contribution in [2.75, 3.05) is 13.1 Å². The van der Waals surface area contributed by atoms with E-state index in [0.29, 0.717) is 35.3 Å². The predicted molar refractivity (Wildman–Crippen MR) is 115 cm³/mol. The van der Waals surface area contributed by atoms with Gasteiger partial charge in [-0.25, -0.2) is 14.1 Å². The monoisotopic (exact) mass is 449 g/mol. The summed E-state index contributed by atoms with van der Waals surface area (Å²) in [4.78, 5) is 21.4. The van der Waals surface area contributed by atoms with E-state index in [9.17, 15) is 14.5 Å². The molecule has 3 heterocycles. The topological polar surface area (TPSA) is 116 Å². The van der Waals surface area contributed by atoms with E-state index in [0.717, 1.165) is 25.9 Å². The second kappa shape index (κ2) is 8.87. The van der Waals surface area contributed by atoms with E-state index in [1.165, 1.54) is 24.3 Å². The smallest absolute Gasteiger partial charge is 0.269 e. The van der Waals surface area contributed by atoms with Crippen LogP contribution in [0, 0.1) is 15.9 Å². The van der Waals surface area contributed by atoms with Gasteiger partial charge >= 0.3 is 0 Å². The summed E-state index contributed by atoms with van der Waals surface area (Å²) in [7, 11) is 0. The minimum absolute atomic E-state index is 0.0270. The zero-order valence-corrected chi connectivity index (χ0v) is 17.5. The van der Waals surface area contributed by atoms with E-state index in [-0.39, 0.29) is 17.4 Å². The van der Waals surface area contributed by atoms with Crippen molar-refractivity contribution in [2.45, 2.75) is 25.4 Å². The fourth-order valence-electron chi connectivity index (χ4n) is 3.96. The average molecular weight is 449 g/mol. The van der Waals surface area contributed by atoms with Crippen LogP contribution in [0.25, 0.3) is 22.8 Å². The maximum Gasteiger partial charge on any atom is 0.269 e. The zero-order chi connectivity index (χ0) is 22.8. The van der Waals surface area contributed by atoms with Crippen LogP contribution in [-0.4, -0.2) is 47.8 Å². The minimum Gasteiger partial charge on any atom is -0.339 e. The molecule has 168 valence electrons. The standard InChI is InChI=1S/C22H20FN7O3/c23-18-5-1-3-16(11-18)21-25-22(33-27-21)17-4-2-10-28(12-17)14-29-13-24-20(26-29)15-6-8-19(9-7-15)30(31)32/h1,3,5-9,11,13,17H,2,4,10,12,14H2. The highest BCUT2D eigenvalue weighted by Gasteiger charge is 2.26. The van der Waals surface area contributed by atoms with Crippen LogP contribution < -0.4 is 0 Å². The van der Waals surface area contributed by atoms with Crippen molar-refractivity contribution in [1.82, 2.24) is 29.8 Å². The molecule has 10 nitrogen and oxygen atoms in total. The second-order valence-electron chi connectivity index (χ2n) is 7.94. The summed E-state index contributed by atoms with van der Waals surface area (Å²) in [6.45, 7) is 2.16. The Morgan fingerprint density at radius 2 is 2.00 bits per heavy atom. The number of rotatable bonds is 6. The molecule has 0 aliphatic carbocycles. The Morgan fingerprint density at radius 3 is 2.79 bits per heavy atom. The highest BCUT2D eigenvalue weighted by molar-refractivity contribution is 5.56. The molecule has 33 heavy (non-hydrogen) atoms. The molecule has 0 bridgehead atoms. The van der Waals surface area contributed by atoms with Crippen LogP contribution in [0.3, 0.4) is 0 Å². The Hall–Kier alpha value is -3.99. The number of non-ortho nitro benzene ring substituents is 1. The molecule has 1 atom stereocenters. The molecule has 0 N–H and O–H groups in total. The van der Waals surface area contributed by atoms with Crippen molar-refractivity contribution in [3.8, 4) is 22.8 Å². The Labute approximate surface area is 187 Å². The molecule has 1 aliphatic heterocycles. The van der Waals surface area contributed by atoms with Gasteiger partial charge in [-0.1, -0.05) is 17.3 Å². The first kappa shape index (κ1) is 20.9. The molecular weight excluding hydrogens is 429 g/mol. The molecule has 1 fully saturated rings. The van der Waals surface area contributed by atoms with Gasteiger partial charge in [0.2, 0.25) is 11.7 Å². The molecule has 5 rings (SSSR count). The lowest BCUT2D eigenvalue weighted by Crippen LogP contribution is -2.36. The lowest BCUT2D eigenvalue weighted by Gasteiger charge is -2.30. The first-order valence-corrected chi connectivity index (χ1v) is 10.5. The molecule has 1 saturated heterocycles. The number of nitrogens with zero attached hydrogens (tertiary/aromatic N) is 7. The van der Waals surface area contributed by atoms with Crippen LogP contribution in [0.5, 0.6) is 0 Å². The highest BCUT2D eigenvalue weighted by Crippen LogP contribution is 2.28. The first-order valence-electron chi connectivity index (χ1n) is 10.5. The van der Waals surface area contributed by atoms with Crippen LogP contribution in [0.1, 0.15) is 24.7 Å². The fraction of sp³-hybridized carbons (Fsp3) is 0.273. The van der Waals surface area contributed by atoms with Crippen molar-refractivity contribution in [3.05, 3.63) is 76.7 Å². The van der Waals surface area contributed by atoms with Gasteiger partial charge in [-0.15, -0.1) is 5.10 Å². The number of halogens is 1. The van der Waals surface area contributed by atoms with Gasteiger partial charge in [0.1, 0.15) is 12.1 Å². The number of benzene rings is 2. The number of likely N-dealkylation sites (tertiary alicyclic amines) is 1.